The Kier molecular flexibility index (Phi) is 4.14. The zero-order valence-electron chi connectivity index (χ0n) is 9.42. The lowest BCUT2D eigenvalue weighted by Crippen LogP contribution is -2.37. The molecule has 0 radical (unpaired) electrons. The summed E-state index contributed by atoms with van der Waals surface area (Å²) in [6.07, 6.45) is 3.08. The standard InChI is InChI=1S/C11H20N2O/c1-4-13(5-2)11(14)10-7-6-8-12(3)9-10/h7H,4-6,8-9H2,1-3H3. The predicted octanol–water partition coefficient (Wildman–Crippen LogP) is 1.12. The highest BCUT2D eigenvalue weighted by Crippen LogP contribution is 2.10. The Morgan fingerprint density at radius 2 is 2.14 bits per heavy atom. The summed E-state index contributed by atoms with van der Waals surface area (Å²) in [7, 11) is 2.06. The van der Waals surface area contributed by atoms with Crippen LogP contribution in [0.4, 0.5) is 0 Å². The minimum Gasteiger partial charge on any atom is -0.339 e. The highest BCUT2D eigenvalue weighted by Gasteiger charge is 2.18. The lowest BCUT2D eigenvalue weighted by Gasteiger charge is -2.26. The van der Waals surface area contributed by atoms with Crippen molar-refractivity contribution >= 4 is 5.91 Å². The van der Waals surface area contributed by atoms with Gasteiger partial charge in [0.1, 0.15) is 0 Å². The number of hydrogen-bond donors (Lipinski definition) is 0. The van der Waals surface area contributed by atoms with E-state index in [4.69, 9.17) is 0 Å². The number of likely N-dealkylation sites (N-methyl/N-ethyl adjacent to an activating group) is 2. The summed E-state index contributed by atoms with van der Waals surface area (Å²) >= 11 is 0. The van der Waals surface area contributed by atoms with Crippen molar-refractivity contribution in [1.29, 1.82) is 0 Å². The Bertz CT molecular complexity index is 231. The van der Waals surface area contributed by atoms with Gasteiger partial charge in [-0.3, -0.25) is 4.79 Å². The largest absolute Gasteiger partial charge is 0.339 e. The van der Waals surface area contributed by atoms with Gasteiger partial charge in [-0.2, -0.15) is 0 Å². The van der Waals surface area contributed by atoms with Gasteiger partial charge in [-0.15, -0.1) is 0 Å². The molecule has 0 saturated heterocycles. The monoisotopic (exact) mass is 196 g/mol. The van der Waals surface area contributed by atoms with Crippen molar-refractivity contribution in [1.82, 2.24) is 9.80 Å². The Morgan fingerprint density at radius 1 is 1.50 bits per heavy atom. The van der Waals surface area contributed by atoms with Crippen molar-refractivity contribution in [2.45, 2.75) is 20.3 Å². The van der Waals surface area contributed by atoms with Gasteiger partial charge < -0.3 is 9.80 Å². The van der Waals surface area contributed by atoms with E-state index >= 15 is 0 Å². The molecule has 0 aromatic rings. The van der Waals surface area contributed by atoms with Crippen molar-refractivity contribution in [3.05, 3.63) is 11.6 Å². The minimum atomic E-state index is 0.210. The fourth-order valence-electron chi connectivity index (χ4n) is 1.76. The first-order chi connectivity index (χ1) is 6.69. The van der Waals surface area contributed by atoms with E-state index in [9.17, 15) is 4.79 Å². The molecule has 1 heterocycles. The molecule has 1 aliphatic heterocycles. The normalized spacial score (nSPS) is 17.8. The third kappa shape index (κ3) is 2.58. The second-order valence-electron chi connectivity index (χ2n) is 3.73. The van der Waals surface area contributed by atoms with Gasteiger partial charge in [-0.1, -0.05) is 6.08 Å². The molecule has 0 spiro atoms. The van der Waals surface area contributed by atoms with Crippen molar-refractivity contribution < 1.29 is 4.79 Å². The lowest BCUT2D eigenvalue weighted by molar-refractivity contribution is -0.127. The van der Waals surface area contributed by atoms with E-state index in [0.717, 1.165) is 38.2 Å². The Balaban J connectivity index is 2.63. The molecule has 1 aliphatic rings. The van der Waals surface area contributed by atoms with Gasteiger partial charge in [0.15, 0.2) is 0 Å². The van der Waals surface area contributed by atoms with Crippen molar-refractivity contribution in [3.8, 4) is 0 Å². The minimum absolute atomic E-state index is 0.210. The Morgan fingerprint density at radius 3 is 2.64 bits per heavy atom. The molecule has 0 unspecified atom stereocenters. The van der Waals surface area contributed by atoms with Crippen LogP contribution in [0, 0.1) is 0 Å². The first-order valence-electron chi connectivity index (χ1n) is 5.35. The Labute approximate surface area is 86.4 Å². The molecule has 0 atom stereocenters. The maximum atomic E-state index is 11.9. The second kappa shape index (κ2) is 5.15. The van der Waals surface area contributed by atoms with E-state index in [1.807, 2.05) is 18.7 Å². The summed E-state index contributed by atoms with van der Waals surface area (Å²) in [6, 6.07) is 0. The summed E-state index contributed by atoms with van der Waals surface area (Å²) in [6.45, 7) is 7.51. The number of carbonyl (C=O) groups excluding carboxylic acids is 1. The van der Waals surface area contributed by atoms with E-state index in [0.29, 0.717) is 0 Å². The Hall–Kier alpha value is -0.830. The predicted molar refractivity (Wildman–Crippen MR) is 58.1 cm³/mol. The number of hydrogen-bond acceptors (Lipinski definition) is 2. The highest BCUT2D eigenvalue weighted by atomic mass is 16.2. The van der Waals surface area contributed by atoms with Crippen LogP contribution in [0.1, 0.15) is 20.3 Å². The number of nitrogens with zero attached hydrogens (tertiary/aromatic N) is 2. The zero-order valence-corrected chi connectivity index (χ0v) is 9.42. The fourth-order valence-corrected chi connectivity index (χ4v) is 1.76. The van der Waals surface area contributed by atoms with Gasteiger partial charge in [-0.25, -0.2) is 0 Å². The topological polar surface area (TPSA) is 23.6 Å². The first-order valence-corrected chi connectivity index (χ1v) is 5.35. The molecule has 1 rings (SSSR count). The number of rotatable bonds is 3. The molecule has 0 aromatic heterocycles. The van der Waals surface area contributed by atoms with E-state index < -0.39 is 0 Å². The van der Waals surface area contributed by atoms with Crippen LogP contribution in [0.15, 0.2) is 11.6 Å². The van der Waals surface area contributed by atoms with Crippen molar-refractivity contribution in [2.75, 3.05) is 33.2 Å². The van der Waals surface area contributed by atoms with Gasteiger partial charge in [0.05, 0.1) is 0 Å². The second-order valence-corrected chi connectivity index (χ2v) is 3.73. The van der Waals surface area contributed by atoms with Gasteiger partial charge in [-0.05, 0) is 27.3 Å². The first kappa shape index (κ1) is 11.2. The van der Waals surface area contributed by atoms with Crippen LogP contribution < -0.4 is 0 Å². The molecule has 0 fully saturated rings. The molecule has 3 nitrogen and oxygen atoms in total. The summed E-state index contributed by atoms with van der Waals surface area (Å²) in [5.74, 6) is 0.210. The lowest BCUT2D eigenvalue weighted by atomic mass is 10.1. The quantitative estimate of drug-likeness (QED) is 0.675. The van der Waals surface area contributed by atoms with Crippen LogP contribution in [0.2, 0.25) is 0 Å². The SMILES string of the molecule is CCN(CC)C(=O)C1=CCCN(C)C1. The van der Waals surface area contributed by atoms with Crippen LogP contribution in [0.5, 0.6) is 0 Å². The van der Waals surface area contributed by atoms with Gasteiger partial charge in [0, 0.05) is 31.8 Å². The van der Waals surface area contributed by atoms with Crippen LogP contribution in [0.3, 0.4) is 0 Å². The number of carbonyl (C=O) groups is 1. The third-order valence-electron chi connectivity index (χ3n) is 2.67. The van der Waals surface area contributed by atoms with Crippen molar-refractivity contribution in [2.24, 2.45) is 0 Å². The molecular weight excluding hydrogens is 176 g/mol. The van der Waals surface area contributed by atoms with E-state index in [1.165, 1.54) is 0 Å². The summed E-state index contributed by atoms with van der Waals surface area (Å²) < 4.78 is 0. The summed E-state index contributed by atoms with van der Waals surface area (Å²) in [5.41, 5.74) is 0.961. The molecule has 0 aliphatic carbocycles. The summed E-state index contributed by atoms with van der Waals surface area (Å²) in [5, 5.41) is 0. The van der Waals surface area contributed by atoms with Gasteiger partial charge in [0.2, 0.25) is 0 Å². The number of amides is 1. The van der Waals surface area contributed by atoms with Crippen LogP contribution >= 0.6 is 0 Å². The smallest absolute Gasteiger partial charge is 0.250 e. The third-order valence-corrected chi connectivity index (χ3v) is 2.67. The molecule has 80 valence electrons. The van der Waals surface area contributed by atoms with Crippen LogP contribution in [0.25, 0.3) is 0 Å². The van der Waals surface area contributed by atoms with E-state index in [1.54, 1.807) is 0 Å². The highest BCUT2D eigenvalue weighted by molar-refractivity contribution is 5.93. The van der Waals surface area contributed by atoms with Gasteiger partial charge in [0.25, 0.3) is 5.91 Å². The molecular formula is C11H20N2O. The van der Waals surface area contributed by atoms with Gasteiger partial charge >= 0.3 is 0 Å². The molecule has 3 heteroatoms. The molecule has 14 heavy (non-hydrogen) atoms. The van der Waals surface area contributed by atoms with E-state index in [2.05, 4.69) is 18.0 Å². The molecule has 1 amide bonds. The maximum absolute atomic E-state index is 11.9. The average Bonchev–Trinajstić information content (AvgIpc) is 2.19. The van der Waals surface area contributed by atoms with Crippen LogP contribution in [-0.2, 0) is 4.79 Å². The van der Waals surface area contributed by atoms with Crippen LogP contribution in [-0.4, -0.2) is 48.9 Å². The molecule has 0 N–H and O–H groups in total. The zero-order chi connectivity index (χ0) is 10.6. The average molecular weight is 196 g/mol. The molecule has 0 bridgehead atoms. The van der Waals surface area contributed by atoms with E-state index in [-0.39, 0.29) is 5.91 Å². The maximum Gasteiger partial charge on any atom is 0.250 e. The molecule has 0 aromatic carbocycles. The fraction of sp³-hybridized carbons (Fsp3) is 0.727. The molecule has 0 saturated carbocycles. The summed E-state index contributed by atoms with van der Waals surface area (Å²) in [4.78, 5) is 16.0. The van der Waals surface area contributed by atoms with Crippen molar-refractivity contribution in [3.63, 3.8) is 0 Å².